The first kappa shape index (κ1) is 10.9. The van der Waals surface area contributed by atoms with Crippen LogP contribution >= 0.6 is 11.8 Å². The van der Waals surface area contributed by atoms with E-state index < -0.39 is 0 Å². The highest BCUT2D eigenvalue weighted by atomic mass is 32.2. The molecule has 0 fully saturated rings. The Morgan fingerprint density at radius 2 is 2.06 bits per heavy atom. The van der Waals surface area contributed by atoms with Gasteiger partial charge in [-0.3, -0.25) is 0 Å². The zero-order valence-corrected chi connectivity index (χ0v) is 9.46. The van der Waals surface area contributed by atoms with Gasteiger partial charge in [-0.1, -0.05) is 23.9 Å². The molecule has 1 aromatic carbocycles. The maximum Gasteiger partial charge on any atom is 0.223 e. The largest absolute Gasteiger partial charge is 0.357 e. The number of halogens is 1. The summed E-state index contributed by atoms with van der Waals surface area (Å²) < 4.78 is 13.4. The van der Waals surface area contributed by atoms with Crippen LogP contribution in [-0.4, -0.2) is 17.0 Å². The van der Waals surface area contributed by atoms with Gasteiger partial charge in [-0.05, 0) is 18.2 Å². The van der Waals surface area contributed by atoms with Crippen LogP contribution < -0.4 is 5.32 Å². The Bertz CT molecular complexity index is 490. The van der Waals surface area contributed by atoms with Crippen LogP contribution in [0.25, 0.3) is 0 Å². The van der Waals surface area contributed by atoms with E-state index in [0.717, 1.165) is 0 Å². The second-order valence-corrected chi connectivity index (χ2v) is 4.06. The fraction of sp³-hybridized carbons (Fsp3) is 0.0909. The van der Waals surface area contributed by atoms with Gasteiger partial charge in [0.15, 0.2) is 0 Å². The van der Waals surface area contributed by atoms with Gasteiger partial charge in [0.2, 0.25) is 5.95 Å². The van der Waals surface area contributed by atoms with Crippen molar-refractivity contribution < 1.29 is 4.39 Å². The van der Waals surface area contributed by atoms with E-state index in [-0.39, 0.29) is 5.82 Å². The molecule has 0 unspecified atom stereocenters. The minimum Gasteiger partial charge on any atom is -0.357 e. The van der Waals surface area contributed by atoms with Gasteiger partial charge >= 0.3 is 0 Å². The lowest BCUT2D eigenvalue weighted by Crippen LogP contribution is -1.95. The molecule has 0 aliphatic rings. The van der Waals surface area contributed by atoms with E-state index in [1.165, 1.54) is 17.8 Å². The molecule has 16 heavy (non-hydrogen) atoms. The third kappa shape index (κ3) is 2.49. The number of hydrogen-bond donors (Lipinski definition) is 1. The summed E-state index contributed by atoms with van der Waals surface area (Å²) in [5.74, 6) is 0.290. The summed E-state index contributed by atoms with van der Waals surface area (Å²) in [6, 6.07) is 8.37. The Hall–Kier alpha value is -1.62. The fourth-order valence-electron chi connectivity index (χ4n) is 1.16. The third-order valence-electron chi connectivity index (χ3n) is 1.90. The van der Waals surface area contributed by atoms with Crippen molar-refractivity contribution in [2.75, 3.05) is 12.4 Å². The van der Waals surface area contributed by atoms with E-state index in [0.29, 0.717) is 15.9 Å². The fourth-order valence-corrected chi connectivity index (χ4v) is 1.96. The summed E-state index contributed by atoms with van der Waals surface area (Å²) in [5.41, 5.74) is 0. The van der Waals surface area contributed by atoms with Gasteiger partial charge in [0.1, 0.15) is 10.8 Å². The molecule has 0 bridgehead atoms. The Labute approximate surface area is 97.1 Å². The zero-order chi connectivity index (χ0) is 11.4. The van der Waals surface area contributed by atoms with Crippen molar-refractivity contribution in [2.45, 2.75) is 9.92 Å². The molecular weight excluding hydrogens is 225 g/mol. The van der Waals surface area contributed by atoms with E-state index in [4.69, 9.17) is 0 Å². The molecule has 0 saturated heterocycles. The normalized spacial score (nSPS) is 10.1. The van der Waals surface area contributed by atoms with Crippen LogP contribution in [0.2, 0.25) is 0 Å². The molecule has 1 heterocycles. The molecular formula is C11H10FN3S. The van der Waals surface area contributed by atoms with Gasteiger partial charge in [-0.2, -0.15) is 0 Å². The van der Waals surface area contributed by atoms with E-state index in [1.807, 2.05) is 0 Å². The molecule has 2 aromatic rings. The number of aromatic nitrogens is 2. The highest BCUT2D eigenvalue weighted by Crippen LogP contribution is 2.28. The van der Waals surface area contributed by atoms with Crippen LogP contribution in [-0.2, 0) is 0 Å². The molecule has 0 spiro atoms. The zero-order valence-electron chi connectivity index (χ0n) is 8.64. The number of hydrogen-bond acceptors (Lipinski definition) is 4. The van der Waals surface area contributed by atoms with Crippen LogP contribution in [0, 0.1) is 5.82 Å². The number of nitrogens with one attached hydrogen (secondary N) is 1. The summed E-state index contributed by atoms with van der Waals surface area (Å²) in [7, 11) is 1.74. The van der Waals surface area contributed by atoms with Crippen molar-refractivity contribution in [3.8, 4) is 0 Å². The van der Waals surface area contributed by atoms with Crippen molar-refractivity contribution >= 4 is 17.7 Å². The van der Waals surface area contributed by atoms with Crippen molar-refractivity contribution in [2.24, 2.45) is 0 Å². The quantitative estimate of drug-likeness (QED) is 0.830. The van der Waals surface area contributed by atoms with Crippen molar-refractivity contribution in [3.05, 3.63) is 42.3 Å². The van der Waals surface area contributed by atoms with E-state index in [1.54, 1.807) is 37.5 Å². The molecule has 1 N–H and O–H groups in total. The van der Waals surface area contributed by atoms with Gasteiger partial charge in [0.25, 0.3) is 0 Å². The van der Waals surface area contributed by atoms with Crippen LogP contribution in [0.1, 0.15) is 0 Å². The smallest absolute Gasteiger partial charge is 0.223 e. The second-order valence-electron chi connectivity index (χ2n) is 3.00. The molecule has 0 amide bonds. The molecule has 0 saturated carbocycles. The maximum atomic E-state index is 13.4. The number of rotatable bonds is 3. The lowest BCUT2D eigenvalue weighted by molar-refractivity contribution is 0.602. The highest BCUT2D eigenvalue weighted by Gasteiger charge is 2.04. The topological polar surface area (TPSA) is 37.8 Å². The second kappa shape index (κ2) is 4.94. The van der Waals surface area contributed by atoms with E-state index >= 15 is 0 Å². The standard InChI is InChI=1S/C11H10FN3S/c1-13-11-14-7-6-10(15-11)16-9-5-3-2-4-8(9)12/h2-7H,1H3,(H,13,14,15). The molecule has 3 nitrogen and oxygen atoms in total. The van der Waals surface area contributed by atoms with E-state index in [9.17, 15) is 4.39 Å². The van der Waals surface area contributed by atoms with Crippen LogP contribution in [0.5, 0.6) is 0 Å². The summed E-state index contributed by atoms with van der Waals surface area (Å²) in [6.45, 7) is 0. The predicted molar refractivity (Wildman–Crippen MR) is 62.1 cm³/mol. The van der Waals surface area contributed by atoms with Gasteiger partial charge in [0.05, 0.1) is 0 Å². The SMILES string of the molecule is CNc1nccc(Sc2ccccc2F)n1. The first-order valence-electron chi connectivity index (χ1n) is 4.73. The Kier molecular flexibility index (Phi) is 3.36. The predicted octanol–water partition coefficient (Wildman–Crippen LogP) is 2.81. The van der Waals surface area contributed by atoms with Crippen LogP contribution in [0.4, 0.5) is 10.3 Å². The van der Waals surface area contributed by atoms with E-state index in [2.05, 4.69) is 15.3 Å². The molecule has 2 rings (SSSR count). The van der Waals surface area contributed by atoms with Gasteiger partial charge < -0.3 is 5.32 Å². The number of benzene rings is 1. The monoisotopic (exact) mass is 235 g/mol. The van der Waals surface area contributed by atoms with Crippen molar-refractivity contribution in [1.29, 1.82) is 0 Å². The Morgan fingerprint density at radius 1 is 1.25 bits per heavy atom. The van der Waals surface area contributed by atoms with Gasteiger partial charge in [-0.15, -0.1) is 0 Å². The average molecular weight is 235 g/mol. The minimum absolute atomic E-state index is 0.239. The molecule has 0 aliphatic heterocycles. The lowest BCUT2D eigenvalue weighted by atomic mass is 10.3. The third-order valence-corrected chi connectivity index (χ3v) is 2.89. The summed E-state index contributed by atoms with van der Waals surface area (Å²) in [5, 5.41) is 3.55. The summed E-state index contributed by atoms with van der Waals surface area (Å²) >= 11 is 1.28. The maximum absolute atomic E-state index is 13.4. The summed E-state index contributed by atoms with van der Waals surface area (Å²) in [4.78, 5) is 8.75. The van der Waals surface area contributed by atoms with Crippen LogP contribution in [0.3, 0.4) is 0 Å². The lowest BCUT2D eigenvalue weighted by Gasteiger charge is -2.03. The molecule has 0 aliphatic carbocycles. The number of nitrogens with zero attached hydrogens (tertiary/aromatic N) is 2. The first-order valence-corrected chi connectivity index (χ1v) is 5.54. The molecule has 0 radical (unpaired) electrons. The molecule has 82 valence electrons. The van der Waals surface area contributed by atoms with Crippen molar-refractivity contribution in [1.82, 2.24) is 9.97 Å². The Balaban J connectivity index is 2.24. The summed E-state index contributed by atoms with van der Waals surface area (Å²) in [6.07, 6.45) is 1.64. The van der Waals surface area contributed by atoms with Crippen molar-refractivity contribution in [3.63, 3.8) is 0 Å². The highest BCUT2D eigenvalue weighted by molar-refractivity contribution is 7.99. The average Bonchev–Trinajstić information content (AvgIpc) is 2.32. The Morgan fingerprint density at radius 3 is 2.81 bits per heavy atom. The number of anilines is 1. The van der Waals surface area contributed by atoms with Gasteiger partial charge in [0, 0.05) is 18.1 Å². The minimum atomic E-state index is -0.239. The first-order chi connectivity index (χ1) is 7.79. The van der Waals surface area contributed by atoms with Crippen LogP contribution in [0.15, 0.2) is 46.5 Å². The molecule has 5 heteroatoms. The molecule has 0 atom stereocenters. The molecule has 1 aromatic heterocycles. The van der Waals surface area contributed by atoms with Gasteiger partial charge in [-0.25, -0.2) is 14.4 Å².